The Hall–Kier alpha value is -6.43. The maximum absolute atomic E-state index is 13.6. The van der Waals surface area contributed by atoms with E-state index >= 15 is 0 Å². The molecule has 5 atom stereocenters. The van der Waals surface area contributed by atoms with Crippen LogP contribution in [0.5, 0.6) is 11.5 Å². The minimum Gasteiger partial charge on any atom is -0.493 e. The average molecular weight is 1070 g/mol. The molecule has 5 rings (SSSR count). The van der Waals surface area contributed by atoms with Gasteiger partial charge in [-0.05, 0) is 121 Å². The van der Waals surface area contributed by atoms with Crippen molar-refractivity contribution in [2.75, 3.05) is 34.5 Å². The van der Waals surface area contributed by atoms with E-state index in [1.165, 1.54) is 54.6 Å². The number of ketones is 2. The molecule has 0 bridgehead atoms. The largest absolute Gasteiger partial charge is 0.493 e. The van der Waals surface area contributed by atoms with Gasteiger partial charge in [0.1, 0.15) is 22.9 Å². The second kappa shape index (κ2) is 25.6. The zero-order valence-electron chi connectivity index (χ0n) is 39.4. The van der Waals surface area contributed by atoms with Gasteiger partial charge in [-0.25, -0.2) is 0 Å². The predicted molar refractivity (Wildman–Crippen MR) is 279 cm³/mol. The lowest BCUT2D eigenvalue weighted by atomic mass is 10.1. The van der Waals surface area contributed by atoms with Crippen molar-refractivity contribution in [3.05, 3.63) is 129 Å². The number of halogens is 5. The van der Waals surface area contributed by atoms with Crippen LogP contribution in [0.1, 0.15) is 102 Å². The first-order valence-electron chi connectivity index (χ1n) is 22.0. The maximum Gasteiger partial charge on any atom is 0.258 e. The van der Waals surface area contributed by atoms with Crippen molar-refractivity contribution < 1.29 is 38.2 Å². The number of benzene rings is 5. The highest BCUT2D eigenvalue weighted by atomic mass is 35.5. The Morgan fingerprint density at radius 3 is 1.35 bits per heavy atom. The van der Waals surface area contributed by atoms with Crippen molar-refractivity contribution in [3.63, 3.8) is 0 Å². The van der Waals surface area contributed by atoms with Gasteiger partial charge in [-0.2, -0.15) is 20.5 Å². The average Bonchev–Trinajstić information content (AvgIpc) is 3.30. The van der Waals surface area contributed by atoms with Gasteiger partial charge >= 0.3 is 0 Å². The lowest BCUT2D eigenvalue weighted by Crippen LogP contribution is -2.32. The van der Waals surface area contributed by atoms with Crippen molar-refractivity contribution in [1.29, 1.82) is 0 Å². The monoisotopic (exact) mass is 1060 g/mol. The first kappa shape index (κ1) is 55.5. The number of azo groups is 2. The third-order valence-corrected chi connectivity index (χ3v) is 11.8. The number of alkyl halides is 3. The summed E-state index contributed by atoms with van der Waals surface area (Å²) in [5, 5.41) is 25.1. The lowest BCUT2D eigenvalue weighted by Gasteiger charge is -2.18. The third-order valence-electron chi connectivity index (χ3n) is 10.3. The molecule has 0 fully saturated rings. The molecule has 71 heavy (non-hydrogen) atoms. The van der Waals surface area contributed by atoms with E-state index in [2.05, 4.69) is 41.7 Å². The fourth-order valence-corrected chi connectivity index (χ4v) is 8.12. The van der Waals surface area contributed by atoms with Crippen molar-refractivity contribution in [1.82, 2.24) is 0 Å². The summed E-state index contributed by atoms with van der Waals surface area (Å²) in [4.78, 5) is 79.6. The van der Waals surface area contributed by atoms with Crippen LogP contribution < -0.4 is 30.7 Å². The second-order valence-electron chi connectivity index (χ2n) is 15.6. The first-order valence-corrected chi connectivity index (χ1v) is 24.1. The van der Waals surface area contributed by atoms with Gasteiger partial charge in [0.2, 0.25) is 12.1 Å². The lowest BCUT2D eigenvalue weighted by molar-refractivity contribution is -0.127. The highest BCUT2D eigenvalue weighted by Crippen LogP contribution is 2.39. The molecule has 4 N–H and O–H groups in total. The first-order chi connectivity index (χ1) is 33.8. The minimum absolute atomic E-state index is 0.00185. The Morgan fingerprint density at radius 1 is 0.535 bits per heavy atom. The number of Topliss-reactive ketones (excluding diaryl/α,β-unsaturated/α-hetero) is 2. The second-order valence-corrected chi connectivity index (χ2v) is 18.3. The van der Waals surface area contributed by atoms with E-state index in [0.717, 1.165) is 13.8 Å². The summed E-state index contributed by atoms with van der Waals surface area (Å²) in [6.45, 7) is 11.8. The van der Waals surface area contributed by atoms with Crippen LogP contribution in [0.4, 0.5) is 34.1 Å². The Morgan fingerprint density at radius 2 is 0.958 bits per heavy atom. The number of hydrogen-bond donors (Lipinski definition) is 4. The van der Waals surface area contributed by atoms with Crippen LogP contribution in [0.15, 0.2) is 111 Å². The molecule has 0 saturated carbocycles. The van der Waals surface area contributed by atoms with E-state index in [1.807, 2.05) is 13.8 Å². The van der Waals surface area contributed by atoms with Gasteiger partial charge in [0, 0.05) is 33.9 Å². The van der Waals surface area contributed by atoms with Crippen molar-refractivity contribution in [2.24, 2.45) is 20.5 Å². The number of nitrogens with zero attached hydrogens (tertiary/aromatic N) is 4. The van der Waals surface area contributed by atoms with Gasteiger partial charge in [-0.1, -0.05) is 47.5 Å². The number of hydrogen-bond acceptors (Lipinski definition) is 12. The topological polar surface area (TPSA) is 218 Å². The number of carbonyl (C=O) groups is 6. The molecular formula is C50H49Cl5N8O8. The number of anilines is 4. The Bertz CT molecular complexity index is 2890. The van der Waals surface area contributed by atoms with Crippen LogP contribution in [0, 0.1) is 0 Å². The molecule has 0 saturated heterocycles. The van der Waals surface area contributed by atoms with Crippen LogP contribution in [-0.4, -0.2) is 60.5 Å². The molecule has 0 aliphatic heterocycles. The van der Waals surface area contributed by atoms with Gasteiger partial charge < -0.3 is 30.7 Å². The molecular weight excluding hydrogens is 1020 g/mol. The van der Waals surface area contributed by atoms with Crippen LogP contribution in [0.2, 0.25) is 10.0 Å². The van der Waals surface area contributed by atoms with Crippen LogP contribution >= 0.6 is 58.0 Å². The molecule has 16 nitrogen and oxygen atoms in total. The standard InChI is InChI=1S/C50H49Cl5N8O8/c1-8-70-39-20-12-16-35(41(39)26(4)52)58-47(66)31-14-10-18-37(43(31)54)60-62-45(28(6)64)49(68)56-30-22-23-34(33(24-30)25(3)51)57-50(69)46(29(7)65)63-61-38-19-11-15-32(44(38)55)48(67)59-36-17-13-21-40(71-9-2)42(36)27(5)53/h10-27,45-46H,8-9H2,1-7H3,(H,56,68)(H,57,69)(H,58,66)(H,59,67). The molecule has 21 heteroatoms. The SMILES string of the molecule is CCOc1cccc(NC(=O)c2cccc(N=NC(C(C)=O)C(=O)Nc3ccc(NC(=O)C(N=Nc4cccc(C(=O)Nc5cccc(OCC)c5C(C)Cl)c4Cl)C(C)=O)c(C(C)Cl)c3)c2Cl)c1C(C)Cl. The molecule has 0 aliphatic carbocycles. The Balaban J connectivity index is 1.30. The molecule has 5 unspecified atom stereocenters. The minimum atomic E-state index is -1.66. The highest BCUT2D eigenvalue weighted by Gasteiger charge is 2.28. The number of amides is 4. The molecule has 4 amide bonds. The Labute approximate surface area is 435 Å². The van der Waals surface area contributed by atoms with Gasteiger partial charge in [0.15, 0.2) is 11.6 Å². The van der Waals surface area contributed by atoms with E-state index in [4.69, 9.17) is 67.5 Å². The zero-order chi connectivity index (χ0) is 52.1. The number of nitrogens with one attached hydrogen (secondary N) is 4. The van der Waals surface area contributed by atoms with E-state index in [-0.39, 0.29) is 43.9 Å². The van der Waals surface area contributed by atoms with Crippen LogP contribution in [-0.2, 0) is 19.2 Å². The van der Waals surface area contributed by atoms with Crippen molar-refractivity contribution in [2.45, 2.75) is 76.7 Å². The summed E-state index contributed by atoms with van der Waals surface area (Å²) in [5.41, 5.74) is 2.70. The summed E-state index contributed by atoms with van der Waals surface area (Å²) in [7, 11) is 0. The third kappa shape index (κ3) is 14.1. The van der Waals surface area contributed by atoms with E-state index in [1.54, 1.807) is 57.2 Å². The molecule has 5 aromatic rings. The van der Waals surface area contributed by atoms with E-state index in [0.29, 0.717) is 52.8 Å². The fourth-order valence-electron chi connectivity index (χ4n) is 6.99. The zero-order valence-corrected chi connectivity index (χ0v) is 43.2. The molecule has 0 aromatic heterocycles. The quantitative estimate of drug-likeness (QED) is 0.0314. The summed E-state index contributed by atoms with van der Waals surface area (Å²) >= 11 is 32.7. The number of ether oxygens (including phenoxy) is 2. The highest BCUT2D eigenvalue weighted by molar-refractivity contribution is 6.37. The summed E-state index contributed by atoms with van der Waals surface area (Å²) < 4.78 is 11.4. The maximum atomic E-state index is 13.6. The number of carbonyl (C=O) groups excluding carboxylic acids is 6. The van der Waals surface area contributed by atoms with E-state index < -0.39 is 63.4 Å². The summed E-state index contributed by atoms with van der Waals surface area (Å²) in [6.07, 6.45) is 0. The smallest absolute Gasteiger partial charge is 0.258 e. The Kier molecular flexibility index (Phi) is 20.0. The van der Waals surface area contributed by atoms with Crippen LogP contribution in [0.3, 0.4) is 0 Å². The van der Waals surface area contributed by atoms with Gasteiger partial charge in [-0.15, -0.1) is 34.8 Å². The van der Waals surface area contributed by atoms with Gasteiger partial charge in [0.25, 0.3) is 23.6 Å². The molecule has 372 valence electrons. The summed E-state index contributed by atoms with van der Waals surface area (Å²) in [6, 6.07) is 20.1. The van der Waals surface area contributed by atoms with Gasteiger partial charge in [0.05, 0.1) is 50.5 Å². The van der Waals surface area contributed by atoms with E-state index in [9.17, 15) is 28.8 Å². The molecule has 0 radical (unpaired) electrons. The van der Waals surface area contributed by atoms with Gasteiger partial charge in [-0.3, -0.25) is 28.8 Å². The molecule has 0 heterocycles. The fraction of sp³-hybridized carbons (Fsp3) is 0.280. The van der Waals surface area contributed by atoms with Crippen molar-refractivity contribution >= 4 is 127 Å². The predicted octanol–water partition coefficient (Wildman–Crippen LogP) is 13.6. The van der Waals surface area contributed by atoms with Crippen molar-refractivity contribution in [3.8, 4) is 11.5 Å². The normalized spacial score (nSPS) is 13.4. The number of rotatable bonds is 21. The molecule has 0 aliphatic rings. The molecule has 0 spiro atoms. The van der Waals surface area contributed by atoms with Crippen LogP contribution in [0.25, 0.3) is 0 Å². The summed E-state index contributed by atoms with van der Waals surface area (Å²) in [5.74, 6) is -3.22. The molecule has 5 aromatic carbocycles.